The van der Waals surface area contributed by atoms with Crippen LogP contribution in [-0.4, -0.2) is 9.13 Å². The van der Waals surface area contributed by atoms with E-state index in [-0.39, 0.29) is 5.41 Å². The number of furan rings is 2. The number of nitrogens with zero attached hydrogens (tertiary/aromatic N) is 2. The van der Waals surface area contributed by atoms with E-state index in [1.165, 1.54) is 134 Å². The number of benzene rings is 14. The van der Waals surface area contributed by atoms with Crippen molar-refractivity contribution in [3.8, 4) is 67.0 Å². The van der Waals surface area contributed by atoms with Crippen LogP contribution in [0.4, 0.5) is 0 Å². The van der Waals surface area contributed by atoms with Gasteiger partial charge in [-0.1, -0.05) is 214 Å². The Morgan fingerprint density at radius 1 is 0.290 bits per heavy atom. The summed E-state index contributed by atoms with van der Waals surface area (Å²) in [7, 11) is 0. The highest BCUT2D eigenvalue weighted by atomic mass is 32.1. The highest BCUT2D eigenvalue weighted by molar-refractivity contribution is 7.27. The van der Waals surface area contributed by atoms with Gasteiger partial charge in [-0.15, -0.1) is 22.7 Å². The molecule has 21 rings (SSSR count). The number of thiophene rings is 2. The maximum absolute atomic E-state index is 7.17. The highest BCUT2D eigenvalue weighted by Crippen LogP contribution is 2.54. The molecule has 6 heterocycles. The van der Waals surface area contributed by atoms with E-state index in [4.69, 9.17) is 8.83 Å². The smallest absolute Gasteiger partial charge is 0.143 e. The molecule has 1 aliphatic rings. The zero-order valence-corrected chi connectivity index (χ0v) is 52.2. The van der Waals surface area contributed by atoms with E-state index in [1.54, 1.807) is 0 Å². The van der Waals surface area contributed by atoms with Crippen LogP contribution in [0.15, 0.2) is 288 Å². The van der Waals surface area contributed by atoms with Gasteiger partial charge in [0, 0.05) is 96.4 Å². The molecule has 0 aliphatic heterocycles. The normalized spacial score (nSPS) is 13.1. The minimum atomic E-state index is -0.278. The second-order valence-electron chi connectivity index (χ2n) is 25.8. The van der Waals surface area contributed by atoms with Crippen LogP contribution >= 0.6 is 22.7 Å². The topological polar surface area (TPSA) is 36.1 Å². The third-order valence-corrected chi connectivity index (χ3v) is 23.0. The van der Waals surface area contributed by atoms with E-state index >= 15 is 0 Å². The Bertz CT molecular complexity index is 6640. The molecule has 434 valence electrons. The average Bonchev–Trinajstić information content (AvgIpc) is 1.57. The second kappa shape index (κ2) is 18.9. The highest BCUT2D eigenvalue weighted by Gasteiger charge is 2.37. The van der Waals surface area contributed by atoms with Crippen LogP contribution in [0.3, 0.4) is 0 Å². The number of fused-ring (bicyclic) bond motifs is 23. The molecule has 93 heavy (non-hydrogen) atoms. The Balaban J connectivity index is 0.671. The molecule has 0 unspecified atom stereocenters. The molecule has 4 nitrogen and oxygen atoms in total. The second-order valence-corrected chi connectivity index (χ2v) is 27.9. The van der Waals surface area contributed by atoms with Crippen molar-refractivity contribution in [1.82, 2.24) is 9.13 Å². The third-order valence-electron chi connectivity index (χ3n) is 20.6. The van der Waals surface area contributed by atoms with Crippen LogP contribution in [0.25, 0.3) is 195 Å². The lowest BCUT2D eigenvalue weighted by atomic mass is 9.81. The molecule has 0 radical (unpaired) electrons. The van der Waals surface area contributed by atoms with Gasteiger partial charge in [0.2, 0.25) is 0 Å². The Labute approximate surface area is 541 Å². The third kappa shape index (κ3) is 7.19. The summed E-state index contributed by atoms with van der Waals surface area (Å²) in [6.45, 7) is 4.81. The summed E-state index contributed by atoms with van der Waals surface area (Å²) in [4.78, 5) is 0. The van der Waals surface area contributed by atoms with Crippen molar-refractivity contribution >= 4 is 151 Å². The zero-order chi connectivity index (χ0) is 60.9. The lowest BCUT2D eigenvalue weighted by Gasteiger charge is -2.23. The predicted octanol–water partition coefficient (Wildman–Crippen LogP) is 25.4. The Kier molecular flexibility index (Phi) is 10.5. The van der Waals surface area contributed by atoms with E-state index in [1.807, 2.05) is 34.8 Å². The summed E-state index contributed by atoms with van der Waals surface area (Å²) in [5, 5.41) is 14.7. The first-order valence-corrected chi connectivity index (χ1v) is 33.6. The van der Waals surface area contributed by atoms with Crippen molar-refractivity contribution in [2.24, 2.45) is 0 Å². The standard InChI is InChI=1S/C87H52N2O2S2/c1-87(2)71-47-53(34-39-57(71)58-40-38-55(48-72(58)87)89-73-22-7-3-14-59(73)65-41-42-66-61-16-5-9-26-78(61)92-85(66)82(65)89)56-18-11-21-69-81-64(20-13-25-77(81)91-84(56)69)63-19-12-23-74-80(63)68-44-43-67-62-17-6-10-27-79(62)93-86(67)83(68)88(74)54-36-32-50(33-37-54)49-28-30-51(31-29-49)52-35-45-76-70(46-52)60-15-4-8-24-75(60)90-76/h3-48H,1-2H3. The van der Waals surface area contributed by atoms with Gasteiger partial charge in [-0.05, 0) is 140 Å². The first-order valence-electron chi connectivity index (χ1n) is 31.9. The molecule has 0 fully saturated rings. The van der Waals surface area contributed by atoms with Gasteiger partial charge >= 0.3 is 0 Å². The zero-order valence-electron chi connectivity index (χ0n) is 50.6. The van der Waals surface area contributed by atoms with Gasteiger partial charge in [0.15, 0.2) is 0 Å². The molecular weight excluding hydrogens is 1170 g/mol. The van der Waals surface area contributed by atoms with Crippen molar-refractivity contribution in [3.63, 3.8) is 0 Å². The molecule has 1 aliphatic carbocycles. The van der Waals surface area contributed by atoms with Gasteiger partial charge in [-0.2, -0.15) is 0 Å². The number of hydrogen-bond acceptors (Lipinski definition) is 4. The van der Waals surface area contributed by atoms with Crippen LogP contribution in [0.1, 0.15) is 25.0 Å². The molecule has 14 aromatic carbocycles. The fraction of sp³-hybridized carbons (Fsp3) is 0.0345. The summed E-state index contributed by atoms with van der Waals surface area (Å²) >= 11 is 3.79. The van der Waals surface area contributed by atoms with Crippen LogP contribution in [0.2, 0.25) is 0 Å². The Morgan fingerprint density at radius 2 is 0.796 bits per heavy atom. The lowest BCUT2D eigenvalue weighted by molar-refractivity contribution is 0.659. The van der Waals surface area contributed by atoms with Crippen molar-refractivity contribution in [2.45, 2.75) is 19.3 Å². The maximum Gasteiger partial charge on any atom is 0.143 e. The molecule has 0 N–H and O–H groups in total. The van der Waals surface area contributed by atoms with Gasteiger partial charge in [0.1, 0.15) is 22.3 Å². The number of aromatic nitrogens is 2. The van der Waals surface area contributed by atoms with Crippen LogP contribution in [0, 0.1) is 0 Å². The van der Waals surface area contributed by atoms with Crippen LogP contribution in [0.5, 0.6) is 0 Å². The molecule has 20 aromatic rings. The van der Waals surface area contributed by atoms with Gasteiger partial charge in [-0.3, -0.25) is 0 Å². The fourth-order valence-electron chi connectivity index (χ4n) is 16.2. The van der Waals surface area contributed by atoms with Crippen LogP contribution < -0.4 is 0 Å². The average molecular weight is 1220 g/mol. The molecular formula is C87H52N2O2S2. The molecule has 0 bridgehead atoms. The molecule has 0 saturated heterocycles. The lowest BCUT2D eigenvalue weighted by Crippen LogP contribution is -2.15. The van der Waals surface area contributed by atoms with Gasteiger partial charge < -0.3 is 18.0 Å². The molecule has 0 saturated carbocycles. The Morgan fingerprint density at radius 3 is 1.56 bits per heavy atom. The van der Waals surface area contributed by atoms with E-state index in [0.29, 0.717) is 0 Å². The van der Waals surface area contributed by atoms with E-state index in [9.17, 15) is 0 Å². The van der Waals surface area contributed by atoms with Crippen molar-refractivity contribution in [3.05, 3.63) is 290 Å². The first-order chi connectivity index (χ1) is 45.9. The summed E-state index contributed by atoms with van der Waals surface area (Å²) in [5.41, 5.74) is 25.0. The molecule has 0 atom stereocenters. The van der Waals surface area contributed by atoms with E-state index in [0.717, 1.165) is 71.8 Å². The van der Waals surface area contributed by atoms with Crippen LogP contribution in [-0.2, 0) is 5.41 Å². The largest absolute Gasteiger partial charge is 0.456 e. The number of para-hydroxylation sites is 3. The Hall–Kier alpha value is -11.3. The van der Waals surface area contributed by atoms with E-state index in [2.05, 4.69) is 290 Å². The van der Waals surface area contributed by atoms with Gasteiger partial charge in [-0.25, -0.2) is 0 Å². The minimum absolute atomic E-state index is 0.278. The summed E-state index contributed by atoms with van der Waals surface area (Å²) < 4.78 is 23.6. The quantitative estimate of drug-likeness (QED) is 0.166. The van der Waals surface area contributed by atoms with Crippen molar-refractivity contribution < 1.29 is 8.83 Å². The molecule has 0 spiro atoms. The SMILES string of the molecule is CC1(C)c2cc(-c3cccc4c3oc3cccc(-c5cccc6c5c5ccc7c8ccccc8sc7c5n6-c5ccc(-c6ccc(-c7ccc8oc9ccccc9c8c7)cc6)cc5)c34)ccc2-c2ccc(-n3c4ccccc4c4ccc5c6ccccc6sc5c43)cc21. The summed E-state index contributed by atoms with van der Waals surface area (Å²) in [6.07, 6.45) is 0. The monoisotopic (exact) mass is 1220 g/mol. The first kappa shape index (κ1) is 51.5. The maximum atomic E-state index is 7.17. The summed E-state index contributed by atoms with van der Waals surface area (Å²) in [5.74, 6) is 0. The minimum Gasteiger partial charge on any atom is -0.456 e. The van der Waals surface area contributed by atoms with Crippen molar-refractivity contribution in [2.75, 3.05) is 0 Å². The molecule has 6 heteroatoms. The predicted molar refractivity (Wildman–Crippen MR) is 395 cm³/mol. The molecule has 0 amide bonds. The van der Waals surface area contributed by atoms with E-state index < -0.39 is 0 Å². The fourth-order valence-corrected chi connectivity index (χ4v) is 18.7. The number of rotatable bonds is 6. The molecule has 6 aromatic heterocycles. The van der Waals surface area contributed by atoms with Crippen molar-refractivity contribution in [1.29, 1.82) is 0 Å². The van der Waals surface area contributed by atoms with Gasteiger partial charge in [0.25, 0.3) is 0 Å². The number of hydrogen-bond donors (Lipinski definition) is 0. The summed E-state index contributed by atoms with van der Waals surface area (Å²) in [6, 6.07) is 103. The van der Waals surface area contributed by atoms with Gasteiger partial charge in [0.05, 0.1) is 31.5 Å².